The van der Waals surface area contributed by atoms with Crippen molar-refractivity contribution in [2.45, 2.75) is 0 Å². The third-order valence-electron chi connectivity index (χ3n) is 4.71. The van der Waals surface area contributed by atoms with Crippen LogP contribution in [0, 0.1) is 0 Å². The standard InChI is InChI=1S/C22H16BN3O/c1-2-11-18(12-3-1)23-26(22(25-27-23)20-14-6-7-16-24-20)21-15-8-10-17-9-4-5-13-19(17)21/h1-16H. The highest BCUT2D eigenvalue weighted by Gasteiger charge is 2.40. The quantitative estimate of drug-likeness (QED) is 0.528. The van der Waals surface area contributed by atoms with Gasteiger partial charge in [-0.3, -0.25) is 4.98 Å². The Morgan fingerprint density at radius 3 is 2.37 bits per heavy atom. The molecule has 0 radical (unpaired) electrons. The number of hydrogen-bond donors (Lipinski definition) is 0. The lowest BCUT2D eigenvalue weighted by atomic mass is 9.71. The average Bonchev–Trinajstić information content (AvgIpc) is 3.19. The number of oxime groups is 1. The molecule has 1 aliphatic heterocycles. The zero-order valence-electron chi connectivity index (χ0n) is 14.6. The summed E-state index contributed by atoms with van der Waals surface area (Å²) in [5.74, 6) is 0.709. The summed E-state index contributed by atoms with van der Waals surface area (Å²) in [5, 5.41) is 6.73. The van der Waals surface area contributed by atoms with Crippen LogP contribution in [0.1, 0.15) is 5.69 Å². The predicted octanol–water partition coefficient (Wildman–Crippen LogP) is 3.83. The highest BCUT2D eigenvalue weighted by Crippen LogP contribution is 2.31. The second kappa shape index (κ2) is 6.61. The van der Waals surface area contributed by atoms with Crippen LogP contribution in [0.5, 0.6) is 0 Å². The lowest BCUT2D eigenvalue weighted by Gasteiger charge is -2.24. The molecular weight excluding hydrogens is 333 g/mol. The smallest absolute Gasteiger partial charge is 0.432 e. The van der Waals surface area contributed by atoms with Gasteiger partial charge in [0.2, 0.25) is 0 Å². The van der Waals surface area contributed by atoms with E-state index in [1.807, 2.05) is 36.4 Å². The second-order valence-electron chi connectivity index (χ2n) is 6.37. The van der Waals surface area contributed by atoms with E-state index in [0.29, 0.717) is 5.84 Å². The molecule has 27 heavy (non-hydrogen) atoms. The highest BCUT2D eigenvalue weighted by molar-refractivity contribution is 6.77. The van der Waals surface area contributed by atoms with E-state index in [2.05, 4.69) is 69.5 Å². The molecule has 1 aliphatic rings. The molecule has 4 nitrogen and oxygen atoms in total. The van der Waals surface area contributed by atoms with E-state index in [9.17, 15) is 0 Å². The number of fused-ring (bicyclic) bond motifs is 1. The zero-order chi connectivity index (χ0) is 18.1. The molecule has 0 N–H and O–H groups in total. The first-order valence-electron chi connectivity index (χ1n) is 8.89. The summed E-state index contributed by atoms with van der Waals surface area (Å²) in [7, 11) is -0.339. The van der Waals surface area contributed by atoms with Gasteiger partial charge in [0, 0.05) is 17.3 Å². The molecule has 2 heterocycles. The number of pyridine rings is 1. The van der Waals surface area contributed by atoms with E-state index in [-0.39, 0.29) is 7.05 Å². The van der Waals surface area contributed by atoms with Crippen molar-refractivity contribution in [1.29, 1.82) is 0 Å². The van der Waals surface area contributed by atoms with Gasteiger partial charge in [-0.2, -0.15) is 0 Å². The first-order valence-corrected chi connectivity index (χ1v) is 8.89. The predicted molar refractivity (Wildman–Crippen MR) is 110 cm³/mol. The van der Waals surface area contributed by atoms with E-state index in [1.54, 1.807) is 6.20 Å². The van der Waals surface area contributed by atoms with Crippen LogP contribution in [0.4, 0.5) is 5.69 Å². The topological polar surface area (TPSA) is 37.7 Å². The fraction of sp³-hybridized carbons (Fsp3) is 0. The Hall–Kier alpha value is -3.60. The molecule has 1 aromatic heterocycles. The summed E-state index contributed by atoms with van der Waals surface area (Å²) >= 11 is 0. The van der Waals surface area contributed by atoms with Crippen molar-refractivity contribution in [3.8, 4) is 0 Å². The Labute approximate surface area is 157 Å². The van der Waals surface area contributed by atoms with Crippen LogP contribution < -0.4 is 10.3 Å². The molecule has 0 saturated heterocycles. The van der Waals surface area contributed by atoms with E-state index in [0.717, 1.165) is 22.2 Å². The Kier molecular flexibility index (Phi) is 3.83. The van der Waals surface area contributed by atoms with Crippen LogP contribution >= 0.6 is 0 Å². The van der Waals surface area contributed by atoms with Crippen molar-refractivity contribution < 1.29 is 4.76 Å². The van der Waals surface area contributed by atoms with Crippen molar-refractivity contribution in [3.05, 3.63) is 103 Å². The molecule has 3 aromatic carbocycles. The molecule has 0 unspecified atom stereocenters. The van der Waals surface area contributed by atoms with E-state index < -0.39 is 0 Å². The van der Waals surface area contributed by atoms with Gasteiger partial charge >= 0.3 is 7.05 Å². The van der Waals surface area contributed by atoms with Gasteiger partial charge in [-0.05, 0) is 29.0 Å². The van der Waals surface area contributed by atoms with Crippen LogP contribution in [0.3, 0.4) is 0 Å². The summed E-state index contributed by atoms with van der Waals surface area (Å²) in [4.78, 5) is 6.62. The molecule has 0 aliphatic carbocycles. The van der Waals surface area contributed by atoms with Crippen LogP contribution in [0.15, 0.2) is 102 Å². The molecule has 0 fully saturated rings. The van der Waals surface area contributed by atoms with Crippen molar-refractivity contribution in [2.75, 3.05) is 4.81 Å². The number of amidine groups is 1. The number of aromatic nitrogens is 1. The number of anilines is 1. The van der Waals surface area contributed by atoms with Gasteiger partial charge in [0.25, 0.3) is 0 Å². The number of rotatable bonds is 3. The van der Waals surface area contributed by atoms with Crippen LogP contribution in [0.25, 0.3) is 10.8 Å². The molecule has 5 rings (SSSR count). The molecule has 0 saturated carbocycles. The van der Waals surface area contributed by atoms with Gasteiger partial charge in [-0.1, -0.05) is 78.0 Å². The lowest BCUT2D eigenvalue weighted by molar-refractivity contribution is 0.367. The average molecular weight is 349 g/mol. The first-order chi connectivity index (χ1) is 13.4. The Bertz CT molecular complexity index is 1110. The molecule has 0 atom stereocenters. The second-order valence-corrected chi connectivity index (χ2v) is 6.37. The highest BCUT2D eigenvalue weighted by atomic mass is 16.6. The van der Waals surface area contributed by atoms with Crippen molar-refractivity contribution in [3.63, 3.8) is 0 Å². The normalized spacial score (nSPS) is 13.6. The van der Waals surface area contributed by atoms with Crippen LogP contribution in [-0.2, 0) is 4.76 Å². The summed E-state index contributed by atoms with van der Waals surface area (Å²) in [5.41, 5.74) is 2.87. The van der Waals surface area contributed by atoms with Gasteiger partial charge in [-0.15, -0.1) is 0 Å². The van der Waals surface area contributed by atoms with Gasteiger partial charge in [0.05, 0.1) is 0 Å². The van der Waals surface area contributed by atoms with Gasteiger partial charge in [0.1, 0.15) is 5.69 Å². The zero-order valence-corrected chi connectivity index (χ0v) is 14.6. The fourth-order valence-corrected chi connectivity index (χ4v) is 3.45. The number of nitrogens with zero attached hydrogens (tertiary/aromatic N) is 3. The van der Waals surface area contributed by atoms with Gasteiger partial charge in [0.15, 0.2) is 5.84 Å². The maximum absolute atomic E-state index is 5.90. The minimum atomic E-state index is -0.339. The maximum atomic E-state index is 5.90. The fourth-order valence-electron chi connectivity index (χ4n) is 3.45. The third kappa shape index (κ3) is 2.73. The Morgan fingerprint density at radius 1 is 0.741 bits per heavy atom. The SMILES string of the molecule is c1ccc(B2ON=C(c3ccccn3)N2c2cccc3ccccc23)cc1. The molecule has 0 amide bonds. The minimum absolute atomic E-state index is 0.339. The first kappa shape index (κ1) is 15.6. The lowest BCUT2D eigenvalue weighted by Crippen LogP contribution is -2.49. The molecule has 0 bridgehead atoms. The van der Waals surface area contributed by atoms with Gasteiger partial charge in [-0.25, -0.2) is 0 Å². The summed E-state index contributed by atoms with van der Waals surface area (Å²) in [6.07, 6.45) is 1.77. The van der Waals surface area contributed by atoms with Crippen LogP contribution in [0.2, 0.25) is 0 Å². The number of benzene rings is 3. The van der Waals surface area contributed by atoms with Crippen molar-refractivity contribution >= 4 is 34.8 Å². The largest absolute Gasteiger partial charge is 0.550 e. The third-order valence-corrected chi connectivity index (χ3v) is 4.71. The van der Waals surface area contributed by atoms with Crippen molar-refractivity contribution in [2.24, 2.45) is 5.16 Å². The number of hydrogen-bond acceptors (Lipinski definition) is 4. The molecule has 128 valence electrons. The van der Waals surface area contributed by atoms with Crippen LogP contribution in [-0.4, -0.2) is 17.9 Å². The summed E-state index contributed by atoms with van der Waals surface area (Å²) in [6.45, 7) is 0. The molecule has 4 aromatic rings. The summed E-state index contributed by atoms with van der Waals surface area (Å²) in [6, 6.07) is 30.6. The van der Waals surface area contributed by atoms with Crippen molar-refractivity contribution in [1.82, 2.24) is 4.98 Å². The van der Waals surface area contributed by atoms with Gasteiger partial charge < -0.3 is 9.57 Å². The monoisotopic (exact) mass is 349 g/mol. The summed E-state index contributed by atoms with van der Waals surface area (Å²) < 4.78 is 5.90. The molecule has 0 spiro atoms. The minimum Gasteiger partial charge on any atom is -0.432 e. The Balaban J connectivity index is 1.70. The van der Waals surface area contributed by atoms with E-state index >= 15 is 0 Å². The maximum Gasteiger partial charge on any atom is 0.550 e. The Morgan fingerprint density at radius 2 is 1.52 bits per heavy atom. The molecular formula is C22H16BN3O. The van der Waals surface area contributed by atoms with E-state index in [4.69, 9.17) is 4.76 Å². The molecule has 5 heteroatoms. The van der Waals surface area contributed by atoms with E-state index in [1.165, 1.54) is 5.39 Å².